The van der Waals surface area contributed by atoms with E-state index in [0.717, 1.165) is 0 Å². The van der Waals surface area contributed by atoms with Gasteiger partial charge in [-0.1, -0.05) is 6.07 Å². The van der Waals surface area contributed by atoms with Crippen molar-refractivity contribution in [2.24, 2.45) is 0 Å². The summed E-state index contributed by atoms with van der Waals surface area (Å²) in [5.74, 6) is -0.926. The first-order chi connectivity index (χ1) is 9.40. The summed E-state index contributed by atoms with van der Waals surface area (Å²) in [6.07, 6.45) is -0.0160. The molecule has 1 aliphatic rings. The summed E-state index contributed by atoms with van der Waals surface area (Å²) in [5, 5.41) is 9.78. The van der Waals surface area contributed by atoms with E-state index in [9.17, 15) is 14.3 Å². The molecule has 0 bridgehead atoms. The molecule has 2 rings (SSSR count). The van der Waals surface area contributed by atoms with E-state index in [1.807, 2.05) is 19.0 Å². The third-order valence-corrected chi connectivity index (χ3v) is 3.51. The maximum absolute atomic E-state index is 13.5. The Morgan fingerprint density at radius 2 is 2.25 bits per heavy atom. The van der Waals surface area contributed by atoms with Gasteiger partial charge in [-0.05, 0) is 32.6 Å². The highest BCUT2D eigenvalue weighted by Crippen LogP contribution is 2.24. The fourth-order valence-corrected chi connectivity index (χ4v) is 2.61. The molecule has 0 radical (unpaired) electrons. The zero-order chi connectivity index (χ0) is 14.9. The number of amides is 1. The number of anilines is 1. The van der Waals surface area contributed by atoms with Crippen molar-refractivity contribution in [1.82, 2.24) is 9.80 Å². The van der Waals surface area contributed by atoms with E-state index < -0.39 is 11.9 Å². The van der Waals surface area contributed by atoms with Gasteiger partial charge in [0.05, 0.1) is 17.4 Å². The Hall–Kier alpha value is -1.66. The lowest BCUT2D eigenvalue weighted by Crippen LogP contribution is -2.41. The number of aliphatic hydroxyl groups is 1. The van der Waals surface area contributed by atoms with Crippen molar-refractivity contribution in [3.63, 3.8) is 0 Å². The predicted molar refractivity (Wildman–Crippen MR) is 74.8 cm³/mol. The highest BCUT2D eigenvalue weighted by atomic mass is 19.1. The van der Waals surface area contributed by atoms with Crippen molar-refractivity contribution >= 4 is 11.6 Å². The number of hydrogen-bond donors (Lipinski definition) is 2. The highest BCUT2D eigenvalue weighted by Gasteiger charge is 2.35. The molecule has 1 fully saturated rings. The molecule has 1 aromatic rings. The Labute approximate surface area is 117 Å². The van der Waals surface area contributed by atoms with Crippen molar-refractivity contribution in [2.45, 2.75) is 18.6 Å². The number of carbonyl (C=O) groups is 1. The van der Waals surface area contributed by atoms with Gasteiger partial charge in [0.15, 0.2) is 0 Å². The van der Waals surface area contributed by atoms with Crippen molar-refractivity contribution in [3.05, 3.63) is 29.6 Å². The van der Waals surface area contributed by atoms with Crippen LogP contribution in [0.4, 0.5) is 10.1 Å². The average Bonchev–Trinajstić information content (AvgIpc) is 2.72. The summed E-state index contributed by atoms with van der Waals surface area (Å²) < 4.78 is 13.5. The second kappa shape index (κ2) is 5.76. The minimum Gasteiger partial charge on any atom is -0.396 e. The van der Waals surface area contributed by atoms with Crippen LogP contribution >= 0.6 is 0 Å². The maximum atomic E-state index is 13.5. The van der Waals surface area contributed by atoms with Gasteiger partial charge >= 0.3 is 0 Å². The standard InChI is InChI=1S/C14H20FN3O2/c1-17(2)7-9-6-10(19)8-18(9)14(20)11-4-3-5-12(15)13(11)16/h3-5,9-10,19H,6-8,16H2,1-2H3. The van der Waals surface area contributed by atoms with Gasteiger partial charge in [0.25, 0.3) is 5.91 Å². The van der Waals surface area contributed by atoms with Gasteiger partial charge in [0, 0.05) is 19.1 Å². The van der Waals surface area contributed by atoms with E-state index >= 15 is 0 Å². The largest absolute Gasteiger partial charge is 0.396 e. The fourth-order valence-electron chi connectivity index (χ4n) is 2.61. The molecule has 6 heteroatoms. The number of carbonyl (C=O) groups excluding carboxylic acids is 1. The lowest BCUT2D eigenvalue weighted by Gasteiger charge is -2.27. The van der Waals surface area contributed by atoms with Crippen molar-refractivity contribution in [2.75, 3.05) is 32.9 Å². The predicted octanol–water partition coefficient (Wildman–Crippen LogP) is 0.545. The van der Waals surface area contributed by atoms with Crippen LogP contribution in [0.15, 0.2) is 18.2 Å². The fraction of sp³-hybridized carbons (Fsp3) is 0.500. The first-order valence-corrected chi connectivity index (χ1v) is 6.58. The Morgan fingerprint density at radius 1 is 1.55 bits per heavy atom. The zero-order valence-corrected chi connectivity index (χ0v) is 11.7. The number of nitrogens with zero attached hydrogens (tertiary/aromatic N) is 2. The number of likely N-dealkylation sites (tertiary alicyclic amines) is 1. The first kappa shape index (κ1) is 14.7. The summed E-state index contributed by atoms with van der Waals surface area (Å²) in [6.45, 7) is 0.908. The van der Waals surface area contributed by atoms with E-state index in [2.05, 4.69) is 0 Å². The summed E-state index contributed by atoms with van der Waals surface area (Å²) in [4.78, 5) is 16.0. The molecular formula is C14H20FN3O2. The molecule has 0 aromatic heterocycles. The van der Waals surface area contributed by atoms with E-state index in [1.54, 1.807) is 4.90 Å². The monoisotopic (exact) mass is 281 g/mol. The van der Waals surface area contributed by atoms with Crippen LogP contribution in [0.1, 0.15) is 16.8 Å². The topological polar surface area (TPSA) is 69.8 Å². The number of hydrogen-bond acceptors (Lipinski definition) is 4. The molecule has 2 unspecified atom stereocenters. The van der Waals surface area contributed by atoms with Crippen molar-refractivity contribution in [3.8, 4) is 0 Å². The molecule has 2 atom stereocenters. The molecule has 1 saturated heterocycles. The van der Waals surface area contributed by atoms with Crippen molar-refractivity contribution < 1.29 is 14.3 Å². The van der Waals surface area contributed by atoms with E-state index in [4.69, 9.17) is 5.73 Å². The Bertz CT molecular complexity index is 507. The lowest BCUT2D eigenvalue weighted by atomic mass is 10.1. The number of nitrogens with two attached hydrogens (primary N) is 1. The van der Waals surface area contributed by atoms with Crippen LogP contribution < -0.4 is 5.73 Å². The Morgan fingerprint density at radius 3 is 2.90 bits per heavy atom. The van der Waals surface area contributed by atoms with Crippen LogP contribution in [-0.4, -0.2) is 60.1 Å². The summed E-state index contributed by atoms with van der Waals surface area (Å²) >= 11 is 0. The molecular weight excluding hydrogens is 261 g/mol. The van der Waals surface area contributed by atoms with Gasteiger partial charge in [0.1, 0.15) is 5.82 Å². The molecule has 0 saturated carbocycles. The van der Waals surface area contributed by atoms with Gasteiger partial charge in [-0.25, -0.2) is 4.39 Å². The molecule has 3 N–H and O–H groups in total. The summed E-state index contributed by atoms with van der Waals surface area (Å²) in [7, 11) is 3.81. The Kier molecular flexibility index (Phi) is 4.25. The maximum Gasteiger partial charge on any atom is 0.256 e. The molecule has 0 aliphatic carbocycles. The van der Waals surface area contributed by atoms with Crippen LogP contribution in [0.3, 0.4) is 0 Å². The molecule has 1 aliphatic heterocycles. The second-order valence-corrected chi connectivity index (χ2v) is 5.46. The molecule has 110 valence electrons. The number of para-hydroxylation sites is 1. The van der Waals surface area contributed by atoms with Gasteiger partial charge in [0.2, 0.25) is 0 Å². The smallest absolute Gasteiger partial charge is 0.256 e. The number of β-amino-alcohol motifs (C(OH)–C–C–N with tert-alkyl or cyclic N) is 1. The van der Waals surface area contributed by atoms with Gasteiger partial charge < -0.3 is 20.6 Å². The minimum atomic E-state index is -0.597. The third kappa shape index (κ3) is 2.91. The Balaban J connectivity index is 2.24. The van der Waals surface area contributed by atoms with Crippen LogP contribution in [0.25, 0.3) is 0 Å². The average molecular weight is 281 g/mol. The van der Waals surface area contributed by atoms with Crippen LogP contribution in [0.5, 0.6) is 0 Å². The summed E-state index contributed by atoms with van der Waals surface area (Å²) in [5.41, 5.74) is 5.66. The van der Waals surface area contributed by atoms with Crippen LogP contribution in [-0.2, 0) is 0 Å². The van der Waals surface area contributed by atoms with Gasteiger partial charge in [-0.15, -0.1) is 0 Å². The molecule has 1 heterocycles. The number of likely N-dealkylation sites (N-methyl/N-ethyl adjacent to an activating group) is 1. The number of rotatable bonds is 3. The molecule has 20 heavy (non-hydrogen) atoms. The SMILES string of the molecule is CN(C)CC1CC(O)CN1C(=O)c1cccc(F)c1N. The molecule has 1 aromatic carbocycles. The van der Waals surface area contributed by atoms with Crippen molar-refractivity contribution in [1.29, 1.82) is 0 Å². The zero-order valence-electron chi connectivity index (χ0n) is 11.7. The number of aliphatic hydroxyl groups excluding tert-OH is 1. The molecule has 5 nitrogen and oxygen atoms in total. The quantitative estimate of drug-likeness (QED) is 0.794. The van der Waals surface area contributed by atoms with Crippen LogP contribution in [0, 0.1) is 5.82 Å². The van der Waals surface area contributed by atoms with E-state index in [0.29, 0.717) is 13.0 Å². The number of benzene rings is 1. The molecule has 0 spiro atoms. The van der Waals surface area contributed by atoms with Gasteiger partial charge in [-0.3, -0.25) is 4.79 Å². The third-order valence-electron chi connectivity index (χ3n) is 3.51. The highest BCUT2D eigenvalue weighted by molar-refractivity contribution is 5.99. The van der Waals surface area contributed by atoms with Crippen LogP contribution in [0.2, 0.25) is 0 Å². The second-order valence-electron chi connectivity index (χ2n) is 5.46. The molecule has 1 amide bonds. The van der Waals surface area contributed by atoms with Gasteiger partial charge in [-0.2, -0.15) is 0 Å². The lowest BCUT2D eigenvalue weighted by molar-refractivity contribution is 0.0700. The first-order valence-electron chi connectivity index (χ1n) is 6.58. The normalized spacial score (nSPS) is 22.6. The summed E-state index contributed by atoms with van der Waals surface area (Å²) in [6, 6.07) is 4.11. The van der Waals surface area contributed by atoms with E-state index in [-0.39, 0.29) is 29.7 Å². The minimum absolute atomic E-state index is 0.0878. The number of nitrogen functional groups attached to an aromatic ring is 1. The van der Waals surface area contributed by atoms with E-state index in [1.165, 1.54) is 18.2 Å². The number of halogens is 1.